The van der Waals surface area contributed by atoms with Crippen molar-refractivity contribution in [3.05, 3.63) is 59.2 Å². The standard InChI is InChI=1S/C41H58ClNO2/c1-28-32(30-12-14-31(15-13-30)37(44)45-27-29-9-6-5-7-10-29)18-21-38(2)33(28)19-22-40(4)36(38)17-16-34-35-11-8-20-41(35,43-26-25-42)24-23-39(34,40)3/h5-7,9-10,12,18,28,31,33-36,43H,8,11,13-17,19-27H2,1-4H3/t28?,31?,33?,34?,35-,36?,38?,39-,40?,41?/m1/s1. The lowest BCUT2D eigenvalue weighted by atomic mass is 9.34. The Bertz CT molecular complexity index is 1320. The minimum absolute atomic E-state index is 0.00669. The second kappa shape index (κ2) is 12.1. The molecule has 0 aliphatic heterocycles. The summed E-state index contributed by atoms with van der Waals surface area (Å²) in [6, 6.07) is 10.0. The molecule has 0 spiro atoms. The molecule has 6 aliphatic rings. The van der Waals surface area contributed by atoms with E-state index < -0.39 is 0 Å². The van der Waals surface area contributed by atoms with Crippen molar-refractivity contribution in [2.24, 2.45) is 51.8 Å². The van der Waals surface area contributed by atoms with E-state index in [-0.39, 0.29) is 11.9 Å². The first-order chi connectivity index (χ1) is 21.7. The molecule has 246 valence electrons. The summed E-state index contributed by atoms with van der Waals surface area (Å²) in [5, 5.41) is 4.03. The molecular weight excluding hydrogens is 574 g/mol. The molecule has 4 fully saturated rings. The van der Waals surface area contributed by atoms with Crippen LogP contribution in [0.5, 0.6) is 0 Å². The van der Waals surface area contributed by atoms with Crippen LogP contribution in [-0.2, 0) is 16.1 Å². The second-order valence-corrected chi connectivity index (χ2v) is 17.3. The molecule has 4 saturated carbocycles. The van der Waals surface area contributed by atoms with Gasteiger partial charge in [-0.1, -0.05) is 76.6 Å². The molecule has 0 amide bonds. The van der Waals surface area contributed by atoms with Gasteiger partial charge in [0.2, 0.25) is 0 Å². The second-order valence-electron chi connectivity index (χ2n) is 16.9. The molecule has 1 N–H and O–H groups in total. The lowest BCUT2D eigenvalue weighted by Gasteiger charge is -2.71. The first-order valence-corrected chi connectivity index (χ1v) is 19.1. The van der Waals surface area contributed by atoms with Gasteiger partial charge in [0.15, 0.2) is 0 Å². The Kier molecular flexibility index (Phi) is 8.63. The van der Waals surface area contributed by atoms with E-state index in [0.29, 0.717) is 34.3 Å². The van der Waals surface area contributed by atoms with E-state index in [0.717, 1.165) is 60.9 Å². The van der Waals surface area contributed by atoms with Gasteiger partial charge in [-0.3, -0.25) is 4.79 Å². The van der Waals surface area contributed by atoms with E-state index in [1.807, 2.05) is 30.3 Å². The van der Waals surface area contributed by atoms with E-state index in [1.54, 1.807) is 5.57 Å². The summed E-state index contributed by atoms with van der Waals surface area (Å²) in [5.41, 5.74) is 5.78. The van der Waals surface area contributed by atoms with Crippen LogP contribution >= 0.6 is 11.6 Å². The molecule has 1 aromatic carbocycles. The van der Waals surface area contributed by atoms with Crippen LogP contribution in [0.1, 0.15) is 117 Å². The van der Waals surface area contributed by atoms with Crippen LogP contribution in [0.4, 0.5) is 0 Å². The highest BCUT2D eigenvalue weighted by Gasteiger charge is 2.68. The molecule has 45 heavy (non-hydrogen) atoms. The average molecular weight is 632 g/mol. The quantitative estimate of drug-likeness (QED) is 0.240. The van der Waals surface area contributed by atoms with E-state index >= 15 is 0 Å². The van der Waals surface area contributed by atoms with Gasteiger partial charge in [0.1, 0.15) is 6.61 Å². The van der Waals surface area contributed by atoms with Crippen LogP contribution in [0.3, 0.4) is 0 Å². The van der Waals surface area contributed by atoms with E-state index in [2.05, 4.69) is 45.2 Å². The minimum Gasteiger partial charge on any atom is -0.461 e. The molecule has 0 saturated heterocycles. The highest BCUT2D eigenvalue weighted by atomic mass is 35.5. The van der Waals surface area contributed by atoms with Crippen molar-refractivity contribution in [3.63, 3.8) is 0 Å². The monoisotopic (exact) mass is 631 g/mol. The number of ether oxygens (including phenoxy) is 1. The summed E-state index contributed by atoms with van der Waals surface area (Å²) in [7, 11) is 0. The number of alkyl halides is 1. The lowest BCUT2D eigenvalue weighted by molar-refractivity contribution is -0.212. The number of allylic oxidation sites excluding steroid dienone is 4. The zero-order chi connectivity index (χ0) is 31.5. The summed E-state index contributed by atoms with van der Waals surface area (Å²) in [5.74, 6) is 4.52. The van der Waals surface area contributed by atoms with Crippen molar-refractivity contribution in [2.75, 3.05) is 12.4 Å². The zero-order valence-electron chi connectivity index (χ0n) is 28.5. The minimum atomic E-state index is -0.0320. The normalized spacial score (nSPS) is 44.0. The Labute approximate surface area is 278 Å². The number of carbonyl (C=O) groups excluding carboxylic acids is 1. The number of carbonyl (C=O) groups is 1. The topological polar surface area (TPSA) is 38.3 Å². The fraction of sp³-hybridized carbons (Fsp3) is 0.732. The number of rotatable bonds is 7. The van der Waals surface area contributed by atoms with Crippen molar-refractivity contribution in [2.45, 2.75) is 123 Å². The third-order valence-electron chi connectivity index (χ3n) is 15.5. The number of hydrogen-bond acceptors (Lipinski definition) is 3. The molecule has 0 heterocycles. The van der Waals surface area contributed by atoms with Crippen LogP contribution < -0.4 is 5.32 Å². The third kappa shape index (κ3) is 5.11. The molecule has 6 aliphatic carbocycles. The van der Waals surface area contributed by atoms with Crippen molar-refractivity contribution in [3.8, 4) is 0 Å². The summed E-state index contributed by atoms with van der Waals surface area (Å²) in [4.78, 5) is 12.9. The SMILES string of the molecule is CC1C(C2=CCC(C(=O)OCc3ccccc3)CC2)=CCC2(C)C1CCC1(C)C2CCC2[C@H]3CCCC3(NCCCl)CC[C@]21C. The van der Waals surface area contributed by atoms with Crippen LogP contribution in [-0.4, -0.2) is 23.9 Å². The molecule has 10 atom stereocenters. The molecule has 4 heteroatoms. The van der Waals surface area contributed by atoms with Gasteiger partial charge in [-0.15, -0.1) is 11.6 Å². The fourth-order valence-electron chi connectivity index (χ4n) is 13.0. The maximum absolute atomic E-state index is 12.9. The fourth-order valence-corrected chi connectivity index (χ4v) is 13.1. The smallest absolute Gasteiger partial charge is 0.309 e. The van der Waals surface area contributed by atoms with Crippen LogP contribution in [0.25, 0.3) is 0 Å². The average Bonchev–Trinajstić information content (AvgIpc) is 3.48. The number of esters is 1. The summed E-state index contributed by atoms with van der Waals surface area (Å²) >= 11 is 6.20. The highest BCUT2D eigenvalue weighted by Crippen LogP contribution is 2.75. The predicted octanol–water partition coefficient (Wildman–Crippen LogP) is 10.0. The van der Waals surface area contributed by atoms with Gasteiger partial charge >= 0.3 is 5.97 Å². The molecule has 0 aromatic heterocycles. The van der Waals surface area contributed by atoms with E-state index in [9.17, 15) is 4.79 Å². The van der Waals surface area contributed by atoms with Crippen molar-refractivity contribution < 1.29 is 9.53 Å². The predicted molar refractivity (Wildman–Crippen MR) is 185 cm³/mol. The van der Waals surface area contributed by atoms with Crippen LogP contribution in [0.2, 0.25) is 0 Å². The van der Waals surface area contributed by atoms with Gasteiger partial charge < -0.3 is 10.1 Å². The first kappa shape index (κ1) is 32.0. The summed E-state index contributed by atoms with van der Waals surface area (Å²) in [6.45, 7) is 12.1. The van der Waals surface area contributed by atoms with Gasteiger partial charge in [-0.05, 0) is 140 Å². The summed E-state index contributed by atoms with van der Waals surface area (Å²) < 4.78 is 5.71. The number of benzene rings is 1. The maximum atomic E-state index is 12.9. The number of halogens is 1. The molecule has 0 radical (unpaired) electrons. The summed E-state index contributed by atoms with van der Waals surface area (Å²) in [6.07, 6.45) is 21.5. The molecule has 3 nitrogen and oxygen atoms in total. The van der Waals surface area contributed by atoms with Gasteiger partial charge in [-0.2, -0.15) is 0 Å². The first-order valence-electron chi connectivity index (χ1n) is 18.6. The third-order valence-corrected chi connectivity index (χ3v) is 15.7. The molecule has 0 bridgehead atoms. The van der Waals surface area contributed by atoms with Crippen LogP contribution in [0, 0.1) is 51.8 Å². The van der Waals surface area contributed by atoms with Crippen molar-refractivity contribution >= 4 is 17.6 Å². The lowest BCUT2D eigenvalue weighted by Crippen LogP contribution is -2.67. The molecule has 7 rings (SSSR count). The Hall–Kier alpha value is -1.58. The maximum Gasteiger partial charge on any atom is 0.309 e. The van der Waals surface area contributed by atoms with Crippen molar-refractivity contribution in [1.29, 1.82) is 0 Å². The Balaban J connectivity index is 1.06. The number of hydrogen-bond donors (Lipinski definition) is 1. The highest BCUT2D eigenvalue weighted by molar-refractivity contribution is 6.18. The molecule has 1 aromatic rings. The molecule has 8 unspecified atom stereocenters. The Morgan fingerprint density at radius 3 is 2.49 bits per heavy atom. The van der Waals surface area contributed by atoms with E-state index in [4.69, 9.17) is 16.3 Å². The van der Waals surface area contributed by atoms with Gasteiger partial charge in [-0.25, -0.2) is 0 Å². The number of fused-ring (bicyclic) bond motifs is 7. The Morgan fingerprint density at radius 2 is 1.73 bits per heavy atom. The number of nitrogens with one attached hydrogen (secondary N) is 1. The molecular formula is C41H58ClNO2. The van der Waals surface area contributed by atoms with Gasteiger partial charge in [0.25, 0.3) is 0 Å². The van der Waals surface area contributed by atoms with Crippen molar-refractivity contribution in [1.82, 2.24) is 5.32 Å². The van der Waals surface area contributed by atoms with Crippen LogP contribution in [0.15, 0.2) is 53.6 Å². The van der Waals surface area contributed by atoms with Gasteiger partial charge in [0, 0.05) is 18.0 Å². The Morgan fingerprint density at radius 1 is 0.911 bits per heavy atom. The van der Waals surface area contributed by atoms with Gasteiger partial charge in [0.05, 0.1) is 5.92 Å². The largest absolute Gasteiger partial charge is 0.461 e. The van der Waals surface area contributed by atoms with E-state index in [1.165, 1.54) is 69.8 Å². The zero-order valence-corrected chi connectivity index (χ0v) is 29.3.